The molecule has 0 radical (unpaired) electrons. The summed E-state index contributed by atoms with van der Waals surface area (Å²) < 4.78 is 41.5. The van der Waals surface area contributed by atoms with Gasteiger partial charge in [-0.2, -0.15) is 8.42 Å². The molecule has 3 rings (SSSR count). The number of nitrogens with zero attached hydrogens (tertiary/aromatic N) is 4. The van der Waals surface area contributed by atoms with Gasteiger partial charge in [0.05, 0.1) is 18.0 Å². The summed E-state index contributed by atoms with van der Waals surface area (Å²) in [6.07, 6.45) is 3.69. The summed E-state index contributed by atoms with van der Waals surface area (Å²) in [6, 6.07) is 4.86. The van der Waals surface area contributed by atoms with Crippen LogP contribution in [0.3, 0.4) is 0 Å². The van der Waals surface area contributed by atoms with Gasteiger partial charge in [-0.25, -0.2) is 4.98 Å². The third-order valence-corrected chi connectivity index (χ3v) is 7.56. The lowest BCUT2D eigenvalue weighted by Crippen LogP contribution is -2.46. The monoisotopic (exact) mass is 507 g/mol. The minimum Gasteiger partial charge on any atom is -0.491 e. The zero-order valence-corrected chi connectivity index (χ0v) is 22.2. The molecule has 1 N–H and O–H groups in total. The molecule has 1 aromatic heterocycles. The summed E-state index contributed by atoms with van der Waals surface area (Å²) >= 11 is 0. The molecule has 35 heavy (non-hydrogen) atoms. The molecule has 10 nitrogen and oxygen atoms in total. The highest BCUT2D eigenvalue weighted by atomic mass is 32.2. The molecule has 0 unspecified atom stereocenters. The van der Waals surface area contributed by atoms with Crippen molar-refractivity contribution in [3.8, 4) is 5.75 Å². The van der Waals surface area contributed by atoms with Crippen LogP contribution in [0.25, 0.3) is 0 Å². The number of sulfonamides is 1. The van der Waals surface area contributed by atoms with Crippen LogP contribution in [0.5, 0.6) is 5.75 Å². The molecule has 3 atom stereocenters. The number of rotatable bonds is 6. The molecule has 2 aromatic rings. The Kier molecular flexibility index (Phi) is 8.79. The van der Waals surface area contributed by atoms with Gasteiger partial charge in [0.1, 0.15) is 12.4 Å². The summed E-state index contributed by atoms with van der Waals surface area (Å²) in [4.78, 5) is 21.3. The zero-order valence-electron chi connectivity index (χ0n) is 21.4. The van der Waals surface area contributed by atoms with Gasteiger partial charge in [0.15, 0.2) is 5.03 Å². The van der Waals surface area contributed by atoms with Crippen LogP contribution in [-0.2, 0) is 21.8 Å². The van der Waals surface area contributed by atoms with Crippen LogP contribution >= 0.6 is 0 Å². The zero-order chi connectivity index (χ0) is 25.8. The number of imidazole rings is 1. The summed E-state index contributed by atoms with van der Waals surface area (Å²) in [6.45, 7) is 8.95. The van der Waals surface area contributed by atoms with Crippen LogP contribution in [0, 0.1) is 5.92 Å². The van der Waals surface area contributed by atoms with Crippen molar-refractivity contribution in [2.24, 2.45) is 13.0 Å². The van der Waals surface area contributed by atoms with Crippen molar-refractivity contribution in [3.63, 3.8) is 0 Å². The summed E-state index contributed by atoms with van der Waals surface area (Å²) in [5.74, 6) is 0.333. The lowest BCUT2D eigenvalue weighted by Gasteiger charge is -2.35. The van der Waals surface area contributed by atoms with Gasteiger partial charge in [-0.15, -0.1) is 0 Å². The molecule has 0 aliphatic carbocycles. The van der Waals surface area contributed by atoms with Gasteiger partial charge in [-0.05, 0) is 44.0 Å². The molecular formula is C24H37N5O5S. The van der Waals surface area contributed by atoms with E-state index in [1.807, 2.05) is 0 Å². The lowest BCUT2D eigenvalue weighted by atomic mass is 10.0. The molecule has 1 aliphatic heterocycles. The van der Waals surface area contributed by atoms with E-state index in [0.29, 0.717) is 18.9 Å². The normalized spacial score (nSPS) is 22.6. The van der Waals surface area contributed by atoms with Gasteiger partial charge < -0.3 is 18.9 Å². The maximum absolute atomic E-state index is 13.4. The highest BCUT2D eigenvalue weighted by molar-refractivity contribution is 7.92. The van der Waals surface area contributed by atoms with Crippen LogP contribution < -0.4 is 9.46 Å². The molecule has 1 aliphatic rings. The topological polar surface area (TPSA) is 106 Å². The number of carbonyl (C=O) groups excluding carboxylic acids is 1. The Bertz CT molecular complexity index is 1120. The fourth-order valence-corrected chi connectivity index (χ4v) is 5.28. The number of amides is 1. The summed E-state index contributed by atoms with van der Waals surface area (Å²) in [7, 11) is 1.17. The molecule has 0 saturated carbocycles. The van der Waals surface area contributed by atoms with Crippen molar-refractivity contribution < 1.29 is 22.7 Å². The van der Waals surface area contributed by atoms with E-state index in [1.165, 1.54) is 18.6 Å². The standard InChI is InChI=1S/C24H37N5O5S/c1-7-10-29-12-17(2)22(33-6)13-28(5)24(30)20-11-19(8-9-21(20)34-15-18(29)3)26-35(31,32)23-14-27(4)16-25-23/h8-9,11,14,16-18,22,26H,7,10,12-13,15H2,1-6H3/t17-,18+,22-/m0/s1. The number of carbonyl (C=O) groups is 1. The van der Waals surface area contributed by atoms with Crippen LogP contribution in [0.2, 0.25) is 0 Å². The third-order valence-electron chi connectivity index (χ3n) is 6.29. The van der Waals surface area contributed by atoms with Crippen molar-refractivity contribution in [2.75, 3.05) is 45.1 Å². The van der Waals surface area contributed by atoms with Crippen molar-refractivity contribution >= 4 is 21.6 Å². The second kappa shape index (κ2) is 11.4. The number of nitrogens with one attached hydrogen (secondary N) is 1. The SMILES string of the molecule is CCCN1C[C@H](C)[C@@H](OC)CN(C)C(=O)c2cc(NS(=O)(=O)c3cn(C)cn3)ccc2OC[C@H]1C. The largest absolute Gasteiger partial charge is 0.491 e. The van der Waals surface area contributed by atoms with Crippen molar-refractivity contribution in [1.82, 2.24) is 19.4 Å². The van der Waals surface area contributed by atoms with E-state index in [-0.39, 0.29) is 40.2 Å². The molecule has 2 heterocycles. The smallest absolute Gasteiger partial charge is 0.280 e. The second-order valence-electron chi connectivity index (χ2n) is 9.29. The number of fused-ring (bicyclic) bond motifs is 1. The number of ether oxygens (including phenoxy) is 2. The highest BCUT2D eigenvalue weighted by Gasteiger charge is 2.28. The number of methoxy groups -OCH3 is 1. The first kappa shape index (κ1) is 27.0. The van der Waals surface area contributed by atoms with E-state index in [1.54, 1.807) is 42.8 Å². The Hall–Kier alpha value is -2.63. The van der Waals surface area contributed by atoms with E-state index < -0.39 is 10.0 Å². The van der Waals surface area contributed by atoms with Crippen molar-refractivity contribution in [3.05, 3.63) is 36.3 Å². The van der Waals surface area contributed by atoms with E-state index >= 15 is 0 Å². The van der Waals surface area contributed by atoms with Crippen LogP contribution in [0.1, 0.15) is 37.6 Å². The molecule has 0 saturated heterocycles. The molecule has 0 fully saturated rings. The molecule has 1 amide bonds. The Labute approximate surface area is 208 Å². The lowest BCUT2D eigenvalue weighted by molar-refractivity contribution is 0.0108. The van der Waals surface area contributed by atoms with Gasteiger partial charge in [0.25, 0.3) is 15.9 Å². The highest BCUT2D eigenvalue weighted by Crippen LogP contribution is 2.27. The van der Waals surface area contributed by atoms with Gasteiger partial charge in [0.2, 0.25) is 0 Å². The number of benzene rings is 1. The van der Waals surface area contributed by atoms with Crippen LogP contribution in [0.15, 0.2) is 35.7 Å². The third kappa shape index (κ3) is 6.53. The minimum absolute atomic E-state index is 0.103. The van der Waals surface area contributed by atoms with Gasteiger partial charge in [0, 0.05) is 52.2 Å². The number of anilines is 1. The predicted octanol–water partition coefficient (Wildman–Crippen LogP) is 2.44. The molecule has 194 valence electrons. The van der Waals surface area contributed by atoms with Crippen LogP contribution in [-0.4, -0.2) is 86.2 Å². The number of hydrogen-bond donors (Lipinski definition) is 1. The minimum atomic E-state index is -3.91. The van der Waals surface area contributed by atoms with Crippen LogP contribution in [0.4, 0.5) is 5.69 Å². The first-order valence-electron chi connectivity index (χ1n) is 11.9. The summed E-state index contributed by atoms with van der Waals surface area (Å²) in [5, 5.41) is -0.103. The average Bonchev–Trinajstić information content (AvgIpc) is 3.27. The first-order chi connectivity index (χ1) is 16.6. The maximum atomic E-state index is 13.4. The summed E-state index contributed by atoms with van der Waals surface area (Å²) in [5.41, 5.74) is 0.537. The number of aromatic nitrogens is 2. The Morgan fingerprint density at radius 3 is 2.60 bits per heavy atom. The van der Waals surface area contributed by atoms with Gasteiger partial charge in [-0.3, -0.25) is 14.4 Å². The molecule has 0 spiro atoms. The van der Waals surface area contributed by atoms with Gasteiger partial charge >= 0.3 is 0 Å². The van der Waals surface area contributed by atoms with E-state index in [4.69, 9.17) is 9.47 Å². The second-order valence-corrected chi connectivity index (χ2v) is 10.9. The average molecular weight is 508 g/mol. The molecule has 0 bridgehead atoms. The Morgan fingerprint density at radius 1 is 1.23 bits per heavy atom. The molecular weight excluding hydrogens is 470 g/mol. The fourth-order valence-electron chi connectivity index (χ4n) is 4.25. The first-order valence-corrected chi connectivity index (χ1v) is 13.3. The number of likely N-dealkylation sites (N-methyl/N-ethyl adjacent to an activating group) is 1. The maximum Gasteiger partial charge on any atom is 0.280 e. The number of hydrogen-bond acceptors (Lipinski definition) is 7. The Balaban J connectivity index is 1.96. The quantitative estimate of drug-likeness (QED) is 0.640. The van der Waals surface area contributed by atoms with E-state index in [2.05, 4.69) is 35.4 Å². The van der Waals surface area contributed by atoms with E-state index in [9.17, 15) is 13.2 Å². The van der Waals surface area contributed by atoms with E-state index in [0.717, 1.165) is 19.5 Å². The van der Waals surface area contributed by atoms with Crippen molar-refractivity contribution in [2.45, 2.75) is 44.4 Å². The van der Waals surface area contributed by atoms with Crippen molar-refractivity contribution in [1.29, 1.82) is 0 Å². The fraction of sp³-hybridized carbons (Fsp3) is 0.583. The molecule has 1 aromatic carbocycles. The Morgan fingerprint density at radius 2 is 1.97 bits per heavy atom. The predicted molar refractivity (Wildman–Crippen MR) is 134 cm³/mol. The number of aryl methyl sites for hydroxylation is 1. The molecule has 11 heteroatoms. The van der Waals surface area contributed by atoms with Gasteiger partial charge in [-0.1, -0.05) is 13.8 Å².